The molecular formula is C17H32N2O. The van der Waals surface area contributed by atoms with Crippen LogP contribution in [0.15, 0.2) is 0 Å². The topological polar surface area (TPSA) is 49.5 Å². The van der Waals surface area contributed by atoms with Gasteiger partial charge in [0, 0.05) is 24.5 Å². The van der Waals surface area contributed by atoms with E-state index in [-0.39, 0.29) is 5.41 Å². The maximum atomic E-state index is 11.5. The first-order valence-corrected chi connectivity index (χ1v) is 8.56. The van der Waals surface area contributed by atoms with Crippen molar-refractivity contribution in [1.29, 1.82) is 0 Å². The second-order valence-electron chi connectivity index (χ2n) is 8.47. The zero-order valence-electron chi connectivity index (χ0n) is 13.3. The third-order valence-corrected chi connectivity index (χ3v) is 6.82. The number of hydrogen-bond donors (Lipinski definition) is 2. The van der Waals surface area contributed by atoms with Crippen LogP contribution in [0.1, 0.15) is 65.2 Å². The Morgan fingerprint density at radius 3 is 2.45 bits per heavy atom. The second kappa shape index (κ2) is 4.96. The lowest BCUT2D eigenvalue weighted by atomic mass is 9.55. The normalized spacial score (nSPS) is 40.5. The number of rotatable bonds is 2. The molecule has 0 bridgehead atoms. The van der Waals surface area contributed by atoms with Gasteiger partial charge in [-0.3, -0.25) is 0 Å². The van der Waals surface area contributed by atoms with E-state index in [1.807, 2.05) is 0 Å². The van der Waals surface area contributed by atoms with E-state index in [2.05, 4.69) is 18.7 Å². The SMILES string of the molecule is CC1(C)CCC(CN)(C2(O)CCN3CCCC3C2)CC1. The molecule has 2 unspecified atom stereocenters. The summed E-state index contributed by atoms with van der Waals surface area (Å²) in [6.45, 7) is 7.69. The molecule has 3 aliphatic rings. The van der Waals surface area contributed by atoms with Crippen molar-refractivity contribution in [2.24, 2.45) is 16.6 Å². The predicted octanol–water partition coefficient (Wildman–Crippen LogP) is 2.52. The molecule has 2 heterocycles. The van der Waals surface area contributed by atoms with E-state index in [1.54, 1.807) is 0 Å². The summed E-state index contributed by atoms with van der Waals surface area (Å²) in [7, 11) is 0. The van der Waals surface area contributed by atoms with Crippen LogP contribution in [0.25, 0.3) is 0 Å². The van der Waals surface area contributed by atoms with Gasteiger partial charge in [-0.05, 0) is 63.3 Å². The fraction of sp³-hybridized carbons (Fsp3) is 1.00. The Morgan fingerprint density at radius 1 is 1.10 bits per heavy atom. The van der Waals surface area contributed by atoms with Crippen LogP contribution in [0.2, 0.25) is 0 Å². The zero-order chi connectivity index (χ0) is 14.4. The second-order valence-corrected chi connectivity index (χ2v) is 8.47. The Hall–Kier alpha value is -0.120. The van der Waals surface area contributed by atoms with Crippen LogP contribution in [0, 0.1) is 10.8 Å². The first kappa shape index (κ1) is 14.8. The number of nitrogens with zero attached hydrogens (tertiary/aromatic N) is 1. The summed E-state index contributed by atoms with van der Waals surface area (Å²) >= 11 is 0. The number of aliphatic hydroxyl groups is 1. The number of fused-ring (bicyclic) bond motifs is 1. The van der Waals surface area contributed by atoms with Crippen LogP contribution in [0.3, 0.4) is 0 Å². The largest absolute Gasteiger partial charge is 0.389 e. The van der Waals surface area contributed by atoms with Gasteiger partial charge >= 0.3 is 0 Å². The summed E-state index contributed by atoms with van der Waals surface area (Å²) in [5, 5.41) is 11.5. The van der Waals surface area contributed by atoms with Gasteiger partial charge < -0.3 is 15.7 Å². The molecule has 0 aromatic carbocycles. The molecule has 3 rings (SSSR count). The van der Waals surface area contributed by atoms with E-state index in [9.17, 15) is 5.11 Å². The number of hydrogen-bond acceptors (Lipinski definition) is 3. The maximum absolute atomic E-state index is 11.5. The van der Waals surface area contributed by atoms with Crippen molar-refractivity contribution in [1.82, 2.24) is 4.90 Å². The minimum Gasteiger partial charge on any atom is -0.389 e. The Kier molecular flexibility index (Phi) is 3.67. The molecule has 1 saturated carbocycles. The van der Waals surface area contributed by atoms with Gasteiger partial charge in [0.25, 0.3) is 0 Å². The molecule has 3 fully saturated rings. The molecule has 2 aliphatic heterocycles. The molecule has 0 spiro atoms. The van der Waals surface area contributed by atoms with Crippen molar-refractivity contribution in [3.05, 3.63) is 0 Å². The molecule has 3 N–H and O–H groups in total. The third-order valence-electron chi connectivity index (χ3n) is 6.82. The van der Waals surface area contributed by atoms with Gasteiger partial charge in [-0.25, -0.2) is 0 Å². The summed E-state index contributed by atoms with van der Waals surface area (Å²) in [6.07, 6.45) is 9.12. The molecule has 0 radical (unpaired) electrons. The smallest absolute Gasteiger partial charge is 0.0742 e. The van der Waals surface area contributed by atoms with Gasteiger partial charge in [-0.15, -0.1) is 0 Å². The lowest BCUT2D eigenvalue weighted by Gasteiger charge is -2.56. The maximum Gasteiger partial charge on any atom is 0.0742 e. The van der Waals surface area contributed by atoms with E-state index in [0.717, 1.165) is 32.2 Å². The zero-order valence-corrected chi connectivity index (χ0v) is 13.3. The van der Waals surface area contributed by atoms with Crippen LogP contribution < -0.4 is 5.73 Å². The lowest BCUT2D eigenvalue weighted by Crippen LogP contribution is -2.60. The first-order chi connectivity index (χ1) is 9.40. The quantitative estimate of drug-likeness (QED) is 0.817. The summed E-state index contributed by atoms with van der Waals surface area (Å²) < 4.78 is 0. The Balaban J connectivity index is 1.78. The van der Waals surface area contributed by atoms with Crippen LogP contribution in [-0.4, -0.2) is 41.3 Å². The highest BCUT2D eigenvalue weighted by atomic mass is 16.3. The highest BCUT2D eigenvalue weighted by molar-refractivity contribution is 5.07. The monoisotopic (exact) mass is 280 g/mol. The van der Waals surface area contributed by atoms with Crippen molar-refractivity contribution in [3.8, 4) is 0 Å². The van der Waals surface area contributed by atoms with E-state index >= 15 is 0 Å². The molecule has 3 nitrogen and oxygen atoms in total. The van der Waals surface area contributed by atoms with E-state index in [0.29, 0.717) is 18.0 Å². The van der Waals surface area contributed by atoms with Crippen molar-refractivity contribution in [2.75, 3.05) is 19.6 Å². The summed E-state index contributed by atoms with van der Waals surface area (Å²) in [5.74, 6) is 0. The Bertz CT molecular complexity index is 358. The highest BCUT2D eigenvalue weighted by Crippen LogP contribution is 2.54. The lowest BCUT2D eigenvalue weighted by molar-refractivity contribution is -0.149. The van der Waals surface area contributed by atoms with E-state index in [1.165, 1.54) is 32.2 Å². The molecule has 1 aliphatic carbocycles. The highest BCUT2D eigenvalue weighted by Gasteiger charge is 2.54. The molecule has 2 atom stereocenters. The molecule has 0 aromatic heterocycles. The van der Waals surface area contributed by atoms with Crippen molar-refractivity contribution >= 4 is 0 Å². The molecule has 2 saturated heterocycles. The average molecular weight is 280 g/mol. The third kappa shape index (κ3) is 2.32. The predicted molar refractivity (Wildman–Crippen MR) is 82.5 cm³/mol. The first-order valence-electron chi connectivity index (χ1n) is 8.56. The van der Waals surface area contributed by atoms with Gasteiger partial charge in [0.1, 0.15) is 0 Å². The fourth-order valence-corrected chi connectivity index (χ4v) is 4.99. The van der Waals surface area contributed by atoms with Gasteiger partial charge in [-0.1, -0.05) is 13.8 Å². The Morgan fingerprint density at radius 2 is 1.80 bits per heavy atom. The van der Waals surface area contributed by atoms with Crippen molar-refractivity contribution < 1.29 is 5.11 Å². The van der Waals surface area contributed by atoms with Gasteiger partial charge in [0.2, 0.25) is 0 Å². The summed E-state index contributed by atoms with van der Waals surface area (Å²) in [6, 6.07) is 0.618. The molecule has 0 aromatic rings. The van der Waals surface area contributed by atoms with Gasteiger partial charge in [0.05, 0.1) is 5.60 Å². The van der Waals surface area contributed by atoms with Crippen LogP contribution in [0.5, 0.6) is 0 Å². The van der Waals surface area contributed by atoms with Crippen molar-refractivity contribution in [2.45, 2.75) is 76.9 Å². The van der Waals surface area contributed by atoms with Crippen LogP contribution in [0.4, 0.5) is 0 Å². The summed E-state index contributed by atoms with van der Waals surface area (Å²) in [4.78, 5) is 2.59. The van der Waals surface area contributed by atoms with Crippen LogP contribution in [-0.2, 0) is 0 Å². The van der Waals surface area contributed by atoms with Crippen molar-refractivity contribution in [3.63, 3.8) is 0 Å². The van der Waals surface area contributed by atoms with Gasteiger partial charge in [-0.2, -0.15) is 0 Å². The molecule has 116 valence electrons. The fourth-order valence-electron chi connectivity index (χ4n) is 4.99. The molecule has 3 heteroatoms. The van der Waals surface area contributed by atoms with E-state index in [4.69, 9.17) is 5.73 Å². The van der Waals surface area contributed by atoms with Gasteiger partial charge in [0.15, 0.2) is 0 Å². The Labute approximate surface area is 123 Å². The molecular weight excluding hydrogens is 248 g/mol. The number of piperidine rings is 1. The molecule has 20 heavy (non-hydrogen) atoms. The average Bonchev–Trinajstić information content (AvgIpc) is 2.86. The standard InChI is InChI=1S/C17H32N2O/c1-15(2)5-7-16(13-18,8-6-15)17(20)9-11-19-10-3-4-14(19)12-17/h14,20H,3-13,18H2,1-2H3. The minimum atomic E-state index is -0.510. The van der Waals surface area contributed by atoms with E-state index < -0.39 is 5.60 Å². The minimum absolute atomic E-state index is 0.0167. The van der Waals surface area contributed by atoms with Crippen LogP contribution >= 0.6 is 0 Å². The molecule has 0 amide bonds. The summed E-state index contributed by atoms with van der Waals surface area (Å²) in [5.41, 5.74) is 6.11. The number of nitrogens with two attached hydrogens (primary N) is 1.